The molecular weight excluding hydrogens is 266 g/mol. The second-order valence-corrected chi connectivity index (χ2v) is 7.36. The van der Waals surface area contributed by atoms with Crippen molar-refractivity contribution >= 4 is 10.2 Å². The summed E-state index contributed by atoms with van der Waals surface area (Å²) in [6, 6.07) is 0.522. The van der Waals surface area contributed by atoms with E-state index in [0.29, 0.717) is 31.5 Å². The van der Waals surface area contributed by atoms with Gasteiger partial charge in [-0.3, -0.25) is 0 Å². The molecule has 1 rings (SSSR count). The summed E-state index contributed by atoms with van der Waals surface area (Å²) in [5, 5.41) is 8.72. The van der Waals surface area contributed by atoms with Gasteiger partial charge in [-0.1, -0.05) is 0 Å². The lowest BCUT2D eigenvalue weighted by Gasteiger charge is -2.21. The topological polar surface area (TPSA) is 72.9 Å². The average molecular weight is 293 g/mol. The summed E-state index contributed by atoms with van der Waals surface area (Å²) in [6.07, 6.45) is 1.50. The van der Waals surface area contributed by atoms with Crippen LogP contribution in [0.1, 0.15) is 26.7 Å². The number of nitrogens with zero attached hydrogens (tertiary/aromatic N) is 2. The highest BCUT2D eigenvalue weighted by Crippen LogP contribution is 2.17. The predicted molar refractivity (Wildman–Crippen MR) is 76.1 cm³/mol. The van der Waals surface area contributed by atoms with Gasteiger partial charge in [-0.2, -0.15) is 12.7 Å². The Bertz CT molecular complexity index is 359. The number of hydrogen-bond acceptors (Lipinski definition) is 4. The maximum atomic E-state index is 11.9. The molecule has 1 fully saturated rings. The molecule has 0 aromatic carbocycles. The molecule has 0 radical (unpaired) electrons. The molecule has 1 atom stereocenters. The molecule has 0 aromatic heterocycles. The number of aliphatic hydroxyl groups excluding tert-OH is 1. The Labute approximate surface area is 117 Å². The minimum Gasteiger partial charge on any atom is -0.396 e. The summed E-state index contributed by atoms with van der Waals surface area (Å²) >= 11 is 0. The monoisotopic (exact) mass is 293 g/mol. The summed E-state index contributed by atoms with van der Waals surface area (Å²) in [7, 11) is -1.87. The van der Waals surface area contributed by atoms with Crippen LogP contribution in [0.2, 0.25) is 0 Å². The summed E-state index contributed by atoms with van der Waals surface area (Å²) in [6.45, 7) is 7.17. The summed E-state index contributed by atoms with van der Waals surface area (Å²) in [5.74, 6) is 0.392. The van der Waals surface area contributed by atoms with Crippen molar-refractivity contribution in [1.82, 2.24) is 13.9 Å². The van der Waals surface area contributed by atoms with Crippen molar-refractivity contribution in [3.63, 3.8) is 0 Å². The molecule has 7 heteroatoms. The van der Waals surface area contributed by atoms with E-state index in [4.69, 9.17) is 5.11 Å². The Kier molecular flexibility index (Phi) is 6.68. The van der Waals surface area contributed by atoms with Gasteiger partial charge in [0.25, 0.3) is 10.2 Å². The van der Waals surface area contributed by atoms with Crippen LogP contribution in [-0.2, 0) is 10.2 Å². The molecule has 0 bridgehead atoms. The molecule has 1 unspecified atom stereocenters. The fourth-order valence-corrected chi connectivity index (χ4v) is 3.28. The molecule has 0 aliphatic carbocycles. The van der Waals surface area contributed by atoms with Gasteiger partial charge in [0, 0.05) is 39.3 Å². The normalized spacial score (nSPS) is 21.7. The third-order valence-electron chi connectivity index (χ3n) is 3.64. The first kappa shape index (κ1) is 16.8. The van der Waals surface area contributed by atoms with Crippen molar-refractivity contribution in [1.29, 1.82) is 0 Å². The summed E-state index contributed by atoms with van der Waals surface area (Å²) in [4.78, 5) is 2.37. The standard InChI is InChI=1S/C12H27N3O3S/c1-11(2)15-7-5-12(10-15)9-13-19(17,18)14(3)6-4-8-16/h11-13,16H,4-10H2,1-3H3. The van der Waals surface area contributed by atoms with Gasteiger partial charge in [-0.05, 0) is 39.2 Å². The van der Waals surface area contributed by atoms with Crippen LogP contribution in [0.3, 0.4) is 0 Å². The van der Waals surface area contributed by atoms with Crippen LogP contribution in [0.5, 0.6) is 0 Å². The van der Waals surface area contributed by atoms with Gasteiger partial charge < -0.3 is 10.0 Å². The van der Waals surface area contributed by atoms with Crippen molar-refractivity contribution in [3.8, 4) is 0 Å². The van der Waals surface area contributed by atoms with Crippen LogP contribution in [-0.4, -0.2) is 68.6 Å². The molecule has 0 spiro atoms. The zero-order valence-electron chi connectivity index (χ0n) is 12.2. The minimum absolute atomic E-state index is 0.00579. The van der Waals surface area contributed by atoms with E-state index in [9.17, 15) is 8.42 Å². The molecule has 19 heavy (non-hydrogen) atoms. The van der Waals surface area contributed by atoms with Gasteiger partial charge in [-0.25, -0.2) is 4.72 Å². The van der Waals surface area contributed by atoms with E-state index < -0.39 is 10.2 Å². The SMILES string of the molecule is CC(C)N1CCC(CNS(=O)(=O)N(C)CCCO)C1. The van der Waals surface area contributed by atoms with E-state index >= 15 is 0 Å². The highest BCUT2D eigenvalue weighted by Gasteiger charge is 2.26. The molecular formula is C12H27N3O3S. The van der Waals surface area contributed by atoms with E-state index in [1.165, 1.54) is 11.4 Å². The molecule has 2 N–H and O–H groups in total. The first-order valence-electron chi connectivity index (χ1n) is 6.92. The molecule has 1 aliphatic rings. The third-order valence-corrected chi connectivity index (χ3v) is 5.18. The van der Waals surface area contributed by atoms with Gasteiger partial charge >= 0.3 is 0 Å². The Morgan fingerprint density at radius 3 is 2.68 bits per heavy atom. The summed E-state index contributed by atoms with van der Waals surface area (Å²) in [5.41, 5.74) is 0. The smallest absolute Gasteiger partial charge is 0.279 e. The highest BCUT2D eigenvalue weighted by molar-refractivity contribution is 7.87. The lowest BCUT2D eigenvalue weighted by Crippen LogP contribution is -2.41. The number of likely N-dealkylation sites (tertiary alicyclic amines) is 1. The quantitative estimate of drug-likeness (QED) is 0.654. The molecule has 1 saturated heterocycles. The van der Waals surface area contributed by atoms with Crippen LogP contribution in [0.25, 0.3) is 0 Å². The van der Waals surface area contributed by atoms with Crippen molar-refractivity contribution in [2.24, 2.45) is 5.92 Å². The van der Waals surface area contributed by atoms with E-state index in [1.54, 1.807) is 0 Å². The maximum absolute atomic E-state index is 11.9. The van der Waals surface area contributed by atoms with E-state index in [2.05, 4.69) is 23.5 Å². The Balaban J connectivity index is 2.35. The first-order valence-corrected chi connectivity index (χ1v) is 8.36. The zero-order chi connectivity index (χ0) is 14.5. The van der Waals surface area contributed by atoms with Crippen LogP contribution in [0, 0.1) is 5.92 Å². The largest absolute Gasteiger partial charge is 0.396 e. The lowest BCUT2D eigenvalue weighted by molar-refractivity contribution is 0.264. The Morgan fingerprint density at radius 2 is 2.16 bits per heavy atom. The lowest BCUT2D eigenvalue weighted by atomic mass is 10.1. The average Bonchev–Trinajstić information content (AvgIpc) is 2.82. The third kappa shape index (κ3) is 5.35. The van der Waals surface area contributed by atoms with Crippen LogP contribution >= 0.6 is 0 Å². The molecule has 1 aliphatic heterocycles. The van der Waals surface area contributed by atoms with Gasteiger partial charge in [0.2, 0.25) is 0 Å². The van der Waals surface area contributed by atoms with Crippen LogP contribution < -0.4 is 4.72 Å². The first-order chi connectivity index (χ1) is 8.86. The number of rotatable bonds is 8. The van der Waals surface area contributed by atoms with Crippen molar-refractivity contribution in [3.05, 3.63) is 0 Å². The van der Waals surface area contributed by atoms with E-state index in [0.717, 1.165) is 19.5 Å². The van der Waals surface area contributed by atoms with Gasteiger partial charge in [0.05, 0.1) is 0 Å². The van der Waals surface area contributed by atoms with Gasteiger partial charge in [0.1, 0.15) is 0 Å². The molecule has 6 nitrogen and oxygen atoms in total. The molecule has 0 saturated carbocycles. The highest BCUT2D eigenvalue weighted by atomic mass is 32.2. The van der Waals surface area contributed by atoms with Crippen molar-refractivity contribution < 1.29 is 13.5 Å². The van der Waals surface area contributed by atoms with Crippen LogP contribution in [0.15, 0.2) is 0 Å². The zero-order valence-corrected chi connectivity index (χ0v) is 13.0. The van der Waals surface area contributed by atoms with Crippen molar-refractivity contribution in [2.45, 2.75) is 32.7 Å². The number of aliphatic hydroxyl groups is 1. The Hall–Kier alpha value is -0.210. The molecule has 0 aromatic rings. The maximum Gasteiger partial charge on any atom is 0.279 e. The molecule has 1 heterocycles. The minimum atomic E-state index is -3.40. The van der Waals surface area contributed by atoms with E-state index in [1.807, 2.05) is 0 Å². The van der Waals surface area contributed by atoms with E-state index in [-0.39, 0.29) is 6.61 Å². The second-order valence-electron chi connectivity index (χ2n) is 5.50. The predicted octanol–water partition coefficient (Wildman–Crippen LogP) is -0.135. The fraction of sp³-hybridized carbons (Fsp3) is 1.00. The second kappa shape index (κ2) is 7.54. The molecule has 114 valence electrons. The van der Waals surface area contributed by atoms with Gasteiger partial charge in [0.15, 0.2) is 0 Å². The van der Waals surface area contributed by atoms with Gasteiger partial charge in [-0.15, -0.1) is 0 Å². The fourth-order valence-electron chi connectivity index (χ4n) is 2.25. The Morgan fingerprint density at radius 1 is 1.47 bits per heavy atom. The molecule has 0 amide bonds. The number of nitrogens with one attached hydrogen (secondary N) is 1. The van der Waals surface area contributed by atoms with Crippen molar-refractivity contribution in [2.75, 3.05) is 39.8 Å². The van der Waals surface area contributed by atoms with Crippen LogP contribution in [0.4, 0.5) is 0 Å². The summed E-state index contributed by atoms with van der Waals surface area (Å²) < 4.78 is 27.8. The number of hydrogen-bond donors (Lipinski definition) is 2.